The molecule has 0 saturated heterocycles. The van der Waals surface area contributed by atoms with E-state index in [4.69, 9.17) is 29.0 Å². The van der Waals surface area contributed by atoms with E-state index in [1.807, 2.05) is 42.6 Å². The van der Waals surface area contributed by atoms with Gasteiger partial charge in [0.25, 0.3) is 0 Å². The Balaban J connectivity index is 1.56. The first-order chi connectivity index (χ1) is 17.4. The number of fused-ring (bicyclic) bond motifs is 1. The monoisotopic (exact) mass is 490 g/mol. The van der Waals surface area contributed by atoms with E-state index in [0.29, 0.717) is 35.1 Å². The van der Waals surface area contributed by atoms with E-state index in [9.17, 15) is 4.79 Å². The summed E-state index contributed by atoms with van der Waals surface area (Å²) in [5.74, 6) is 2.46. The summed E-state index contributed by atoms with van der Waals surface area (Å²) < 4.78 is 23.2. The summed E-state index contributed by atoms with van der Waals surface area (Å²) in [5.41, 5.74) is 5.72. The lowest BCUT2D eigenvalue weighted by Crippen LogP contribution is -2.14. The van der Waals surface area contributed by atoms with E-state index in [2.05, 4.69) is 5.32 Å². The summed E-state index contributed by atoms with van der Waals surface area (Å²) in [7, 11) is 6.37. The highest BCUT2D eigenvalue weighted by Gasteiger charge is 2.17. The summed E-state index contributed by atoms with van der Waals surface area (Å²) in [6.07, 6.45) is 0.809. The van der Waals surface area contributed by atoms with Crippen molar-refractivity contribution in [1.82, 2.24) is 14.6 Å². The number of hydrogen-bond donors (Lipinski definition) is 1. The average molecular weight is 491 g/mol. The second-order valence-corrected chi connectivity index (χ2v) is 8.28. The van der Waals surface area contributed by atoms with Crippen LogP contribution in [0.2, 0.25) is 0 Å². The number of hydrogen-bond acceptors (Lipinski definition) is 7. The first-order valence-corrected chi connectivity index (χ1v) is 11.5. The third kappa shape index (κ3) is 5.05. The highest BCUT2D eigenvalue weighted by molar-refractivity contribution is 5.91. The molecule has 2 heterocycles. The molecule has 4 aromatic rings. The summed E-state index contributed by atoms with van der Waals surface area (Å²) in [5, 5.41) is 7.71. The number of methoxy groups -OCH3 is 4. The first kappa shape index (κ1) is 24.8. The maximum Gasteiger partial charge on any atom is 0.224 e. The molecule has 0 aliphatic rings. The van der Waals surface area contributed by atoms with Crippen molar-refractivity contribution in [3.05, 3.63) is 59.4 Å². The third-order valence-electron chi connectivity index (χ3n) is 6.09. The summed E-state index contributed by atoms with van der Waals surface area (Å²) in [4.78, 5) is 17.5. The van der Waals surface area contributed by atoms with E-state index < -0.39 is 0 Å². The topological polar surface area (TPSA) is 96.2 Å². The molecule has 2 aromatic carbocycles. The summed E-state index contributed by atoms with van der Waals surface area (Å²) >= 11 is 0. The average Bonchev–Trinajstić information content (AvgIpc) is 3.31. The number of aromatic nitrogens is 3. The minimum absolute atomic E-state index is 0.117. The van der Waals surface area contributed by atoms with Crippen LogP contribution in [0, 0.1) is 13.8 Å². The van der Waals surface area contributed by atoms with Crippen molar-refractivity contribution in [2.75, 3.05) is 33.8 Å². The zero-order chi connectivity index (χ0) is 25.8. The smallest absolute Gasteiger partial charge is 0.224 e. The fourth-order valence-corrected chi connectivity index (χ4v) is 4.17. The van der Waals surface area contributed by atoms with E-state index in [1.54, 1.807) is 46.6 Å². The lowest BCUT2D eigenvalue weighted by Gasteiger charge is -2.12. The van der Waals surface area contributed by atoms with Gasteiger partial charge in [-0.1, -0.05) is 0 Å². The van der Waals surface area contributed by atoms with Crippen LogP contribution in [0.1, 0.15) is 23.4 Å². The number of aryl methyl sites for hydroxylation is 2. The van der Waals surface area contributed by atoms with E-state index in [1.165, 1.54) is 0 Å². The number of anilines is 1. The predicted octanol–water partition coefficient (Wildman–Crippen LogP) is 4.62. The van der Waals surface area contributed by atoms with Crippen LogP contribution in [0.4, 0.5) is 5.69 Å². The van der Waals surface area contributed by atoms with Gasteiger partial charge in [0.15, 0.2) is 5.65 Å². The molecule has 9 heteroatoms. The van der Waals surface area contributed by atoms with Crippen molar-refractivity contribution in [2.45, 2.75) is 26.7 Å². The Morgan fingerprint density at radius 3 is 2.22 bits per heavy atom. The van der Waals surface area contributed by atoms with Gasteiger partial charge < -0.3 is 24.3 Å². The molecule has 188 valence electrons. The number of ether oxygens (including phenoxy) is 4. The number of benzene rings is 2. The molecule has 0 fully saturated rings. The largest absolute Gasteiger partial charge is 0.497 e. The lowest BCUT2D eigenvalue weighted by atomic mass is 10.1. The molecule has 0 aliphatic carbocycles. The Morgan fingerprint density at radius 2 is 1.58 bits per heavy atom. The first-order valence-electron chi connectivity index (χ1n) is 11.5. The zero-order valence-electron chi connectivity index (χ0n) is 21.3. The molecule has 0 bridgehead atoms. The molecule has 2 aromatic heterocycles. The van der Waals surface area contributed by atoms with Crippen LogP contribution in [-0.2, 0) is 11.2 Å². The molecular weight excluding hydrogens is 460 g/mol. The van der Waals surface area contributed by atoms with Crippen LogP contribution in [0.25, 0.3) is 16.9 Å². The van der Waals surface area contributed by atoms with Gasteiger partial charge in [0.05, 0.1) is 34.1 Å². The number of rotatable bonds is 9. The SMILES string of the molecule is COc1cc(NC(=O)CCc2c(C)nc3cc(-c4ccc(OC)cc4OC)nn3c2C)cc(OC)c1. The molecule has 4 rings (SSSR count). The highest BCUT2D eigenvalue weighted by Crippen LogP contribution is 2.33. The van der Waals surface area contributed by atoms with E-state index in [0.717, 1.165) is 33.9 Å². The molecule has 0 aliphatic heterocycles. The molecule has 0 saturated carbocycles. The number of carbonyl (C=O) groups excluding carboxylic acids is 1. The minimum Gasteiger partial charge on any atom is -0.497 e. The van der Waals surface area contributed by atoms with E-state index >= 15 is 0 Å². The second-order valence-electron chi connectivity index (χ2n) is 8.28. The van der Waals surface area contributed by atoms with Gasteiger partial charge in [0.2, 0.25) is 5.91 Å². The maximum atomic E-state index is 12.7. The number of nitrogens with zero attached hydrogens (tertiary/aromatic N) is 3. The molecule has 36 heavy (non-hydrogen) atoms. The van der Waals surface area contributed by atoms with Crippen LogP contribution in [0.3, 0.4) is 0 Å². The highest BCUT2D eigenvalue weighted by atomic mass is 16.5. The lowest BCUT2D eigenvalue weighted by molar-refractivity contribution is -0.116. The van der Waals surface area contributed by atoms with Gasteiger partial charge >= 0.3 is 0 Å². The summed E-state index contributed by atoms with van der Waals surface area (Å²) in [6, 6.07) is 12.8. The number of amides is 1. The van der Waals surface area contributed by atoms with Crippen molar-refractivity contribution in [2.24, 2.45) is 0 Å². The Hall–Kier alpha value is -4.27. The van der Waals surface area contributed by atoms with Crippen LogP contribution in [0.15, 0.2) is 42.5 Å². The van der Waals surface area contributed by atoms with Gasteiger partial charge in [0, 0.05) is 59.4 Å². The maximum absolute atomic E-state index is 12.7. The Bertz CT molecular complexity index is 1390. The van der Waals surface area contributed by atoms with Crippen LogP contribution >= 0.6 is 0 Å². The molecule has 1 amide bonds. The molecule has 1 N–H and O–H groups in total. The summed E-state index contributed by atoms with van der Waals surface area (Å²) in [6.45, 7) is 3.94. The molecule has 0 radical (unpaired) electrons. The molecule has 9 nitrogen and oxygen atoms in total. The third-order valence-corrected chi connectivity index (χ3v) is 6.09. The standard InChI is InChI=1S/C27H30N4O5/c1-16-22(9-10-27(32)29-18-11-20(34-4)13-21(12-18)35-5)17(2)31-26(28-16)15-24(30-31)23-8-7-19(33-3)14-25(23)36-6/h7-8,11-15H,9-10H2,1-6H3,(H,29,32). The normalized spacial score (nSPS) is 10.8. The fourth-order valence-electron chi connectivity index (χ4n) is 4.17. The zero-order valence-corrected chi connectivity index (χ0v) is 21.3. The molecular formula is C27H30N4O5. The van der Waals surface area contributed by atoms with Gasteiger partial charge in [-0.05, 0) is 38.0 Å². The quantitative estimate of drug-likeness (QED) is 0.366. The van der Waals surface area contributed by atoms with Gasteiger partial charge in [0.1, 0.15) is 23.0 Å². The predicted molar refractivity (Wildman–Crippen MR) is 137 cm³/mol. The van der Waals surface area contributed by atoms with Crippen LogP contribution in [-0.4, -0.2) is 48.9 Å². The Labute approximate surface area is 210 Å². The van der Waals surface area contributed by atoms with Crippen molar-refractivity contribution in [3.8, 4) is 34.3 Å². The van der Waals surface area contributed by atoms with Crippen molar-refractivity contribution < 1.29 is 23.7 Å². The van der Waals surface area contributed by atoms with Crippen molar-refractivity contribution in [1.29, 1.82) is 0 Å². The van der Waals surface area contributed by atoms with Gasteiger partial charge in [-0.15, -0.1) is 0 Å². The molecule has 0 spiro atoms. The molecule has 0 atom stereocenters. The van der Waals surface area contributed by atoms with Gasteiger partial charge in [-0.25, -0.2) is 9.50 Å². The fraction of sp³-hybridized carbons (Fsp3) is 0.296. The van der Waals surface area contributed by atoms with Gasteiger partial charge in [-0.2, -0.15) is 5.10 Å². The van der Waals surface area contributed by atoms with Crippen molar-refractivity contribution in [3.63, 3.8) is 0 Å². The Kier molecular flexibility index (Phi) is 7.28. The second kappa shape index (κ2) is 10.6. The minimum atomic E-state index is -0.117. The Morgan fingerprint density at radius 1 is 0.889 bits per heavy atom. The number of carbonyl (C=O) groups is 1. The number of nitrogens with one attached hydrogen (secondary N) is 1. The van der Waals surface area contributed by atoms with E-state index in [-0.39, 0.29) is 12.3 Å². The van der Waals surface area contributed by atoms with Gasteiger partial charge in [-0.3, -0.25) is 4.79 Å². The van der Waals surface area contributed by atoms with Crippen LogP contribution in [0.5, 0.6) is 23.0 Å². The molecule has 0 unspecified atom stereocenters. The van der Waals surface area contributed by atoms with Crippen molar-refractivity contribution >= 4 is 17.2 Å². The van der Waals surface area contributed by atoms with Crippen LogP contribution < -0.4 is 24.3 Å².